The first-order valence-electron chi connectivity index (χ1n) is 5.74. The molecule has 0 unspecified atom stereocenters. The van der Waals surface area contributed by atoms with E-state index in [1.807, 2.05) is 43.3 Å². The van der Waals surface area contributed by atoms with Gasteiger partial charge in [-0.05, 0) is 48.7 Å². The molecule has 0 aliphatic carbocycles. The fraction of sp³-hybridized carbons (Fsp3) is 0.200. The molecule has 0 bridgehead atoms. The van der Waals surface area contributed by atoms with Gasteiger partial charge in [-0.3, -0.25) is 0 Å². The summed E-state index contributed by atoms with van der Waals surface area (Å²) in [6, 6.07) is 14.6. The van der Waals surface area contributed by atoms with Gasteiger partial charge >= 0.3 is 0 Å². The van der Waals surface area contributed by atoms with Crippen molar-refractivity contribution in [3.05, 3.63) is 65.5 Å². The summed E-state index contributed by atoms with van der Waals surface area (Å²) in [6.07, 6.45) is 0.812. The molecule has 0 heterocycles. The summed E-state index contributed by atoms with van der Waals surface area (Å²) in [4.78, 5) is 0. The Morgan fingerprint density at radius 3 is 1.94 bits per heavy atom. The number of ether oxygens (including phenoxy) is 1. The minimum absolute atomic E-state index is 0.194. The molecule has 0 aliphatic heterocycles. The molecule has 0 amide bonds. The largest absolute Gasteiger partial charge is 0.494 e. The molecule has 2 rings (SSSR count). The van der Waals surface area contributed by atoms with Gasteiger partial charge in [0.2, 0.25) is 0 Å². The van der Waals surface area contributed by atoms with E-state index in [-0.39, 0.29) is 5.82 Å². The fourth-order valence-corrected chi connectivity index (χ4v) is 1.71. The predicted molar refractivity (Wildman–Crippen MR) is 66.8 cm³/mol. The van der Waals surface area contributed by atoms with Crippen molar-refractivity contribution in [1.82, 2.24) is 0 Å². The van der Waals surface area contributed by atoms with Gasteiger partial charge in [-0.25, -0.2) is 4.39 Å². The summed E-state index contributed by atoms with van der Waals surface area (Å²) >= 11 is 0. The first-order valence-corrected chi connectivity index (χ1v) is 5.74. The van der Waals surface area contributed by atoms with E-state index < -0.39 is 0 Å². The summed E-state index contributed by atoms with van der Waals surface area (Å²) < 4.78 is 18.1. The average Bonchev–Trinajstić information content (AvgIpc) is 2.35. The molecular formula is C15H15FO. The quantitative estimate of drug-likeness (QED) is 0.776. The monoisotopic (exact) mass is 230 g/mol. The molecule has 2 aromatic rings. The summed E-state index contributed by atoms with van der Waals surface area (Å²) in [7, 11) is 0. The third-order valence-electron chi connectivity index (χ3n) is 2.56. The van der Waals surface area contributed by atoms with Crippen LogP contribution in [0.2, 0.25) is 0 Å². The van der Waals surface area contributed by atoms with Crippen LogP contribution in [0.15, 0.2) is 48.5 Å². The molecule has 88 valence electrons. The third kappa shape index (κ3) is 3.31. The van der Waals surface area contributed by atoms with E-state index >= 15 is 0 Å². The van der Waals surface area contributed by atoms with E-state index in [9.17, 15) is 4.39 Å². The van der Waals surface area contributed by atoms with E-state index in [2.05, 4.69) is 0 Å². The smallest absolute Gasteiger partial charge is 0.123 e. The van der Waals surface area contributed by atoms with E-state index in [4.69, 9.17) is 4.74 Å². The Morgan fingerprint density at radius 2 is 1.41 bits per heavy atom. The van der Waals surface area contributed by atoms with Crippen LogP contribution in [0.5, 0.6) is 5.75 Å². The van der Waals surface area contributed by atoms with Crippen molar-refractivity contribution in [2.24, 2.45) is 0 Å². The van der Waals surface area contributed by atoms with Crippen LogP contribution in [0.1, 0.15) is 18.1 Å². The zero-order valence-corrected chi connectivity index (χ0v) is 9.82. The highest BCUT2D eigenvalue weighted by molar-refractivity contribution is 5.31. The lowest BCUT2D eigenvalue weighted by Crippen LogP contribution is -1.92. The summed E-state index contributed by atoms with van der Waals surface area (Å²) in [5.74, 6) is 0.691. The molecular weight excluding hydrogens is 215 g/mol. The van der Waals surface area contributed by atoms with E-state index in [0.29, 0.717) is 6.61 Å². The van der Waals surface area contributed by atoms with Crippen molar-refractivity contribution >= 4 is 0 Å². The van der Waals surface area contributed by atoms with Crippen molar-refractivity contribution < 1.29 is 9.13 Å². The van der Waals surface area contributed by atoms with Gasteiger partial charge in [-0.1, -0.05) is 24.3 Å². The highest BCUT2D eigenvalue weighted by Crippen LogP contribution is 2.15. The Morgan fingerprint density at radius 1 is 0.882 bits per heavy atom. The molecule has 17 heavy (non-hydrogen) atoms. The lowest BCUT2D eigenvalue weighted by Gasteiger charge is -2.05. The third-order valence-corrected chi connectivity index (χ3v) is 2.56. The topological polar surface area (TPSA) is 9.23 Å². The number of rotatable bonds is 4. The van der Waals surface area contributed by atoms with Crippen molar-refractivity contribution in [2.45, 2.75) is 13.3 Å². The van der Waals surface area contributed by atoms with E-state index in [1.54, 1.807) is 0 Å². The Bertz CT molecular complexity index is 459. The summed E-state index contributed by atoms with van der Waals surface area (Å²) in [5, 5.41) is 0. The lowest BCUT2D eigenvalue weighted by molar-refractivity contribution is 0.340. The molecule has 0 spiro atoms. The predicted octanol–water partition coefficient (Wildman–Crippen LogP) is 3.82. The Hall–Kier alpha value is -1.83. The van der Waals surface area contributed by atoms with Crippen LogP contribution in [0.3, 0.4) is 0 Å². The molecule has 0 saturated carbocycles. The van der Waals surface area contributed by atoms with Crippen molar-refractivity contribution in [3.8, 4) is 5.75 Å². The van der Waals surface area contributed by atoms with Gasteiger partial charge in [-0.15, -0.1) is 0 Å². The maximum absolute atomic E-state index is 12.7. The standard InChI is InChI=1S/C15H15FO/c1-2-17-15-9-5-13(6-10-15)11-12-3-7-14(16)8-4-12/h3-10H,2,11H2,1H3. The second-order valence-corrected chi connectivity index (χ2v) is 3.88. The van der Waals surface area contributed by atoms with Crippen molar-refractivity contribution in [3.63, 3.8) is 0 Å². The van der Waals surface area contributed by atoms with Crippen LogP contribution in [-0.4, -0.2) is 6.61 Å². The fourth-order valence-electron chi connectivity index (χ4n) is 1.71. The van der Waals surface area contributed by atoms with Gasteiger partial charge in [0, 0.05) is 0 Å². The Kier molecular flexibility index (Phi) is 3.76. The second kappa shape index (κ2) is 5.48. The zero-order valence-electron chi connectivity index (χ0n) is 9.82. The summed E-state index contributed by atoms with van der Waals surface area (Å²) in [6.45, 7) is 2.64. The Balaban J connectivity index is 2.05. The molecule has 2 aromatic carbocycles. The van der Waals surface area contributed by atoms with Crippen molar-refractivity contribution in [1.29, 1.82) is 0 Å². The summed E-state index contributed by atoms with van der Waals surface area (Å²) in [5.41, 5.74) is 2.30. The molecule has 0 N–H and O–H groups in total. The van der Waals surface area contributed by atoms with Crippen LogP contribution < -0.4 is 4.74 Å². The number of hydrogen-bond acceptors (Lipinski definition) is 1. The highest BCUT2D eigenvalue weighted by atomic mass is 19.1. The number of hydrogen-bond donors (Lipinski definition) is 0. The van der Waals surface area contributed by atoms with E-state index in [0.717, 1.165) is 17.7 Å². The van der Waals surface area contributed by atoms with E-state index in [1.165, 1.54) is 17.7 Å². The normalized spacial score (nSPS) is 10.2. The molecule has 2 heteroatoms. The van der Waals surface area contributed by atoms with Crippen LogP contribution in [0.4, 0.5) is 4.39 Å². The van der Waals surface area contributed by atoms with Gasteiger partial charge in [0.15, 0.2) is 0 Å². The van der Waals surface area contributed by atoms with Gasteiger partial charge in [0.1, 0.15) is 11.6 Å². The molecule has 0 aromatic heterocycles. The lowest BCUT2D eigenvalue weighted by atomic mass is 10.1. The number of benzene rings is 2. The molecule has 0 saturated heterocycles. The first-order chi connectivity index (χ1) is 8.28. The second-order valence-electron chi connectivity index (χ2n) is 3.88. The zero-order chi connectivity index (χ0) is 12.1. The van der Waals surface area contributed by atoms with Crippen LogP contribution in [0, 0.1) is 5.82 Å². The minimum Gasteiger partial charge on any atom is -0.494 e. The van der Waals surface area contributed by atoms with Gasteiger partial charge in [0.25, 0.3) is 0 Å². The maximum Gasteiger partial charge on any atom is 0.123 e. The average molecular weight is 230 g/mol. The Labute approximate surface area is 101 Å². The highest BCUT2D eigenvalue weighted by Gasteiger charge is 1.98. The molecule has 0 aliphatic rings. The maximum atomic E-state index is 12.7. The molecule has 0 fully saturated rings. The van der Waals surface area contributed by atoms with Gasteiger partial charge in [-0.2, -0.15) is 0 Å². The first kappa shape index (κ1) is 11.6. The van der Waals surface area contributed by atoms with Crippen molar-refractivity contribution in [2.75, 3.05) is 6.61 Å². The van der Waals surface area contributed by atoms with Gasteiger partial charge < -0.3 is 4.74 Å². The van der Waals surface area contributed by atoms with Crippen LogP contribution >= 0.6 is 0 Å². The molecule has 0 atom stereocenters. The molecule has 0 radical (unpaired) electrons. The molecule has 1 nitrogen and oxygen atoms in total. The minimum atomic E-state index is -0.194. The van der Waals surface area contributed by atoms with Crippen LogP contribution in [0.25, 0.3) is 0 Å². The van der Waals surface area contributed by atoms with Gasteiger partial charge in [0.05, 0.1) is 6.61 Å². The van der Waals surface area contributed by atoms with Crippen LogP contribution in [-0.2, 0) is 6.42 Å². The SMILES string of the molecule is CCOc1ccc(Cc2ccc(F)cc2)cc1. The number of halogens is 1.